The number of aliphatic hydroxyl groups excluding tert-OH is 2. The highest BCUT2D eigenvalue weighted by atomic mass is 32.2. The van der Waals surface area contributed by atoms with E-state index in [9.17, 15) is 78.8 Å². The molecule has 144 heavy (non-hydrogen) atoms. The molecule has 8 aliphatic rings. The Morgan fingerprint density at radius 1 is 0.361 bits per heavy atom. The molecule has 8 aromatic heterocycles. The predicted octanol–water partition coefficient (Wildman–Crippen LogP) is 8.73. The van der Waals surface area contributed by atoms with Crippen LogP contribution in [0.2, 0.25) is 0 Å². The van der Waals surface area contributed by atoms with Crippen molar-refractivity contribution in [3.05, 3.63) is 140 Å². The summed E-state index contributed by atoms with van der Waals surface area (Å²) in [6.07, 6.45) is -61.1. The fraction of sp³-hybridized carbons (Fsp3) is 0.583. The summed E-state index contributed by atoms with van der Waals surface area (Å²) in [6, 6.07) is -25.3. The molecular weight excluding hydrogens is 1950 g/mol. The minimum absolute atomic E-state index is 0.0132. The Morgan fingerprint density at radius 3 is 0.861 bits per heavy atom. The standard InChI is InChI=1S/4C24H31FN6O4S/c4*1-3-8-36-24-27-22(26-16-10-14(16)13-5-4-12(2)15(25)9-13)19-23(28-24)31(30-29-19)17-11-18(35-7-6-32)21(34)20(17)33/h4*4-5,9,14,16-18,20-21,32-34H,3,6-8,10-11H2,1-2H3,(H,26,27,28)/t4*14-,16+,17+,18-,20-,21+/m0000/s1/i4D,5D,6D2,7D2,9D,11D2,14D,17D,18D,20D,21D;4D,5D,7D2,9D,11D2,14D,17D,18D,20D,21D;4D,5D,6D2,9D,11D2,14D,17D,18D,20D,21D;4D,5D,9D,11D2,14D,17D,18D,20D,21D. The first-order valence-corrected chi connectivity index (χ1v) is 47.8. The van der Waals surface area contributed by atoms with Gasteiger partial charge in [0.05, 0.1) is 150 Å². The summed E-state index contributed by atoms with van der Waals surface area (Å²) in [5.41, 5.74) is -5.76. The van der Waals surface area contributed by atoms with Crippen LogP contribution in [0.4, 0.5) is 40.8 Å². The molecular formula is C96H124F4N24O16S4. The lowest BCUT2D eigenvalue weighted by Gasteiger charge is -2.17. The van der Waals surface area contributed by atoms with Crippen molar-refractivity contribution in [1.82, 2.24) is 99.8 Å². The van der Waals surface area contributed by atoms with Crippen LogP contribution in [0.1, 0.15) is 263 Å². The van der Waals surface area contributed by atoms with Crippen LogP contribution in [0.25, 0.3) is 44.7 Å². The molecule has 0 spiro atoms. The van der Waals surface area contributed by atoms with Crippen LogP contribution in [-0.4, -0.2) is 334 Å². The number of aliphatic hydroxyl groups is 12. The van der Waals surface area contributed by atoms with Gasteiger partial charge in [-0.15, -0.1) is 20.4 Å². The molecule has 20 rings (SSSR count). The van der Waals surface area contributed by atoms with Crippen molar-refractivity contribution in [2.45, 2.75) is 298 Å². The van der Waals surface area contributed by atoms with Crippen LogP contribution in [-0.2, 0) is 18.9 Å². The van der Waals surface area contributed by atoms with Gasteiger partial charge in [-0.25, -0.2) is 76.2 Å². The first-order chi connectivity index (χ1) is 87.6. The number of ether oxygens (including phenoxy) is 4. The topological polar surface area (TPSA) is 554 Å². The number of hydrogen-bond donors (Lipinski definition) is 16. The van der Waals surface area contributed by atoms with Crippen LogP contribution in [0.15, 0.2) is 93.1 Å². The Hall–Kier alpha value is -9.52. The molecule has 16 N–H and O–H groups in total. The van der Waals surface area contributed by atoms with Gasteiger partial charge < -0.3 is 101 Å². The fourth-order valence-electron chi connectivity index (χ4n) is 13.8. The van der Waals surface area contributed by atoms with Gasteiger partial charge in [-0.3, -0.25) is 0 Å². The molecule has 0 saturated heterocycles. The first kappa shape index (κ1) is 60.8. The molecule has 24 atom stereocenters. The number of nitrogens with one attached hydrogen (secondary N) is 4. The number of fused-ring (bicyclic) bond motifs is 4. The molecule has 4 aromatic carbocycles. The van der Waals surface area contributed by atoms with E-state index in [4.69, 9.17) is 80.0 Å². The lowest BCUT2D eigenvalue weighted by atomic mass is 10.1. The van der Waals surface area contributed by atoms with Crippen LogP contribution >= 0.6 is 47.0 Å². The van der Waals surface area contributed by atoms with Crippen LogP contribution in [0.3, 0.4) is 0 Å². The normalized spacial score (nSPS) is 44.4. The van der Waals surface area contributed by atoms with Crippen molar-refractivity contribution in [3.63, 3.8) is 0 Å². The smallest absolute Gasteiger partial charge is 0.191 e. The molecule has 0 unspecified atom stereocenters. The van der Waals surface area contributed by atoms with Crippen LogP contribution < -0.4 is 21.3 Å². The summed E-state index contributed by atoms with van der Waals surface area (Å²) in [4.78, 5) is 34.5. The Bertz CT molecular complexity index is 9140. The van der Waals surface area contributed by atoms with Gasteiger partial charge in [0.15, 0.2) is 88.6 Å². The van der Waals surface area contributed by atoms with Crippen molar-refractivity contribution < 1.29 is 164 Å². The van der Waals surface area contributed by atoms with Gasteiger partial charge in [0.2, 0.25) is 0 Å². The molecule has 12 aromatic rings. The highest BCUT2D eigenvalue weighted by Gasteiger charge is 2.51. The van der Waals surface area contributed by atoms with Gasteiger partial charge in [-0.05, 0) is 148 Å². The number of anilines is 4. The molecule has 8 fully saturated rings. The second-order valence-corrected chi connectivity index (χ2v) is 36.0. The third kappa shape index (κ3) is 23.8. The monoisotopic (exact) mass is 2120 g/mol. The van der Waals surface area contributed by atoms with E-state index >= 15 is 0 Å². The lowest BCUT2D eigenvalue weighted by molar-refractivity contribution is -0.0629. The van der Waals surface area contributed by atoms with Gasteiger partial charge in [-0.2, -0.15) is 0 Å². The van der Waals surface area contributed by atoms with Gasteiger partial charge in [0.25, 0.3) is 0 Å². The number of halogens is 4. The van der Waals surface area contributed by atoms with E-state index in [0.29, 0.717) is 53.4 Å². The minimum Gasteiger partial charge on any atom is -0.394 e. The van der Waals surface area contributed by atoms with E-state index in [2.05, 4.69) is 107 Å². The van der Waals surface area contributed by atoms with E-state index in [1.807, 2.05) is 27.7 Å². The molecule has 0 radical (unpaired) electrons. The number of nitrogens with zero attached hydrogens (tertiary/aromatic N) is 20. The number of thioether (sulfide) groups is 4. The summed E-state index contributed by atoms with van der Waals surface area (Å²) in [5.74, 6) is -10.3. The number of aromatic nitrogens is 20. The summed E-state index contributed by atoms with van der Waals surface area (Å²) in [7, 11) is 0. The highest BCUT2D eigenvalue weighted by molar-refractivity contribution is 7.99. The second-order valence-electron chi connectivity index (χ2n) is 31.7. The molecule has 0 amide bonds. The molecule has 8 saturated carbocycles. The van der Waals surface area contributed by atoms with Crippen molar-refractivity contribution in [2.75, 3.05) is 96.9 Å². The number of rotatable bonds is 40. The van der Waals surface area contributed by atoms with E-state index in [1.165, 1.54) is 27.7 Å². The van der Waals surface area contributed by atoms with E-state index < -0.39 is 347 Å². The maximum Gasteiger partial charge on any atom is 0.191 e. The Morgan fingerprint density at radius 2 is 0.618 bits per heavy atom. The molecule has 8 heterocycles. The van der Waals surface area contributed by atoms with E-state index in [1.54, 1.807) is 0 Å². The molecule has 776 valence electrons. The van der Waals surface area contributed by atoms with Gasteiger partial charge in [-0.1, -0.05) is 144 Å². The zero-order valence-corrected chi connectivity index (χ0v) is 80.0. The molecule has 8 aliphatic carbocycles. The van der Waals surface area contributed by atoms with Gasteiger partial charge in [0, 0.05) is 113 Å². The minimum atomic E-state index is -4.31. The number of hydrogen-bond acceptors (Lipinski definition) is 40. The quantitative estimate of drug-likeness (QED) is 0.00969. The maximum absolute atomic E-state index is 14.8. The van der Waals surface area contributed by atoms with Crippen molar-refractivity contribution in [2.24, 2.45) is 0 Å². The van der Waals surface area contributed by atoms with Crippen molar-refractivity contribution >= 4 is 115 Å². The number of benzene rings is 4. The third-order valence-corrected chi connectivity index (χ3v) is 25.6. The predicted molar refractivity (Wildman–Crippen MR) is 530 cm³/mol. The Balaban J connectivity index is 0.000000167. The van der Waals surface area contributed by atoms with E-state index in [0.717, 1.165) is 47.0 Å². The fourth-order valence-corrected chi connectivity index (χ4v) is 16.6. The average Bonchev–Trinajstić information content (AvgIpc) is 1.47. The van der Waals surface area contributed by atoms with Gasteiger partial charge in [0.1, 0.15) is 71.9 Å². The molecule has 0 bridgehead atoms. The highest BCUT2D eigenvalue weighted by Crippen LogP contribution is 2.50. The van der Waals surface area contributed by atoms with Crippen LogP contribution in [0.5, 0.6) is 0 Å². The molecule has 48 heteroatoms. The van der Waals surface area contributed by atoms with Gasteiger partial charge >= 0.3 is 0 Å². The summed E-state index contributed by atoms with van der Waals surface area (Å²) >= 11 is 4.28. The van der Waals surface area contributed by atoms with Crippen molar-refractivity contribution in [3.8, 4) is 0 Å². The third-order valence-electron chi connectivity index (χ3n) is 21.4. The molecule has 0 aliphatic heterocycles. The zero-order chi connectivity index (χ0) is 145. The van der Waals surface area contributed by atoms with Crippen molar-refractivity contribution in [1.29, 1.82) is 0 Å². The summed E-state index contributed by atoms with van der Waals surface area (Å²) < 4.78 is 481. The van der Waals surface area contributed by atoms with Crippen LogP contribution in [0, 0.1) is 51.0 Å². The first-order valence-electron chi connectivity index (χ1n) is 67.9. The Labute approximate surface area is 911 Å². The zero-order valence-electron chi connectivity index (χ0n) is 125. The second kappa shape index (κ2) is 47.3. The molecule has 40 nitrogen and oxygen atoms in total. The largest absolute Gasteiger partial charge is 0.394 e. The summed E-state index contributed by atoms with van der Waals surface area (Å²) in [5, 5.41) is 168. The average molecular weight is 2120 g/mol. The Kier molecular flexibility index (Phi) is 20.0. The summed E-state index contributed by atoms with van der Waals surface area (Å²) in [6.45, 7) is -6.73. The van der Waals surface area contributed by atoms with E-state index in [-0.39, 0.29) is 145 Å². The maximum atomic E-state index is 14.8. The SMILES string of the molecule is [2H]c1c([2H])c([C@]2([2H])C[C@H]2Nc2nc(SCCC)nc3c2nnn3[C@]2([2H])C([2H])([2H])[C@]([2H])(OC([2H])([2H])C([2H])([2H])O)[C@@]([2H])(O)[C@@]2([2H])O)c([2H])c(F)c1C.[2H]c1c([2H])c([C@]2([2H])C[C@H]2Nc2nc(SCCC)nc3c2nnn3[C@]2([2H])C([2H])([2H])[C@]([2H])(OC([2H])([2H])CO)[C@@]([2H])(O)[C@@]2([2H])O)c([2H])c(F)c1C.[2H]c1c([2H])c([C@]2([2H])C[C@H]2Nc2nc(SCCC)nc3c2nnn3[C@]2([2H])C([2H])([2H])[C@]([2H])(OCC([2H])([2H])O)[C@@]([2H])(O)[C@@]2([2H])O)c([2H])c(F)c1C.[2H]c1c([2H])c([C@]2([2H])C[C@H]2Nc2nc(SCCC)nc3c2nnn3[C@]2([2H])C([2H])([2H])[C@]([2H])(OCCO)[C@@]([2H])(O)[C@@]2([2H])O)c([2H])c(F)c1C. The lowest BCUT2D eigenvalue weighted by Crippen LogP contribution is -2.33.